The third-order valence-electron chi connectivity index (χ3n) is 3.84. The van der Waals surface area contributed by atoms with E-state index in [9.17, 15) is 9.59 Å². The Morgan fingerprint density at radius 1 is 1.13 bits per heavy atom. The number of carbonyl (C=O) groups is 1. The van der Waals surface area contributed by atoms with Gasteiger partial charge in [0.05, 0.1) is 5.52 Å². The summed E-state index contributed by atoms with van der Waals surface area (Å²) in [6, 6.07) is 16.4. The van der Waals surface area contributed by atoms with Gasteiger partial charge in [-0.15, -0.1) is 0 Å². The van der Waals surface area contributed by atoms with E-state index in [1.54, 1.807) is 25.1 Å². The first-order valence-electron chi connectivity index (χ1n) is 7.58. The number of rotatable bonds is 5. The number of aromatic nitrogens is 1. The lowest BCUT2D eigenvalue weighted by Crippen LogP contribution is -2.35. The summed E-state index contributed by atoms with van der Waals surface area (Å²) in [7, 11) is 0. The number of benzene rings is 2. The minimum atomic E-state index is -0.623. The van der Waals surface area contributed by atoms with Crippen LogP contribution in [0, 0.1) is 0 Å². The fourth-order valence-electron chi connectivity index (χ4n) is 2.59. The van der Waals surface area contributed by atoms with Crippen LogP contribution in [0.25, 0.3) is 11.1 Å². The van der Waals surface area contributed by atoms with Crippen molar-refractivity contribution in [3.05, 3.63) is 70.7 Å². The average Bonchev–Trinajstić information content (AvgIpc) is 2.90. The Hall–Kier alpha value is -2.82. The van der Waals surface area contributed by atoms with Gasteiger partial charge in [-0.1, -0.05) is 42.5 Å². The van der Waals surface area contributed by atoms with E-state index in [-0.39, 0.29) is 5.91 Å². The summed E-state index contributed by atoms with van der Waals surface area (Å²) in [6.07, 6.45) is 0.750. The molecule has 2 aromatic carbocycles. The predicted molar refractivity (Wildman–Crippen MR) is 88.3 cm³/mol. The molecule has 1 heterocycles. The molecule has 0 fully saturated rings. The SMILES string of the molecule is CC(C(=O)NCCc1ccccc1)n1c(=O)oc2ccccc21. The largest absolute Gasteiger partial charge is 0.420 e. The van der Waals surface area contributed by atoms with Crippen LogP contribution >= 0.6 is 0 Å². The lowest BCUT2D eigenvalue weighted by molar-refractivity contribution is -0.123. The maximum absolute atomic E-state index is 12.3. The highest BCUT2D eigenvalue weighted by atomic mass is 16.4. The third-order valence-corrected chi connectivity index (χ3v) is 3.84. The first-order chi connectivity index (χ1) is 11.2. The van der Waals surface area contributed by atoms with Crippen molar-refractivity contribution in [3.63, 3.8) is 0 Å². The molecule has 0 spiro atoms. The Morgan fingerprint density at radius 2 is 1.83 bits per heavy atom. The van der Waals surface area contributed by atoms with Crippen LogP contribution in [0.4, 0.5) is 0 Å². The summed E-state index contributed by atoms with van der Waals surface area (Å²) in [6.45, 7) is 2.22. The van der Waals surface area contributed by atoms with Gasteiger partial charge in [-0.3, -0.25) is 9.36 Å². The van der Waals surface area contributed by atoms with Gasteiger partial charge < -0.3 is 9.73 Å². The van der Waals surface area contributed by atoms with E-state index in [4.69, 9.17) is 4.42 Å². The van der Waals surface area contributed by atoms with E-state index in [1.807, 2.05) is 36.4 Å². The monoisotopic (exact) mass is 310 g/mol. The minimum Gasteiger partial charge on any atom is -0.408 e. The lowest BCUT2D eigenvalue weighted by Gasteiger charge is -2.13. The molecule has 1 unspecified atom stereocenters. The van der Waals surface area contributed by atoms with Crippen molar-refractivity contribution in [2.24, 2.45) is 0 Å². The van der Waals surface area contributed by atoms with E-state index in [2.05, 4.69) is 5.32 Å². The predicted octanol–water partition coefficient (Wildman–Crippen LogP) is 2.51. The molecule has 118 valence electrons. The van der Waals surface area contributed by atoms with Gasteiger partial charge in [0.25, 0.3) is 0 Å². The summed E-state index contributed by atoms with van der Waals surface area (Å²) in [5, 5.41) is 2.87. The minimum absolute atomic E-state index is 0.199. The Bertz CT molecular complexity index is 865. The Morgan fingerprint density at radius 3 is 2.61 bits per heavy atom. The Kier molecular flexibility index (Phi) is 4.28. The topological polar surface area (TPSA) is 64.2 Å². The van der Waals surface area contributed by atoms with Crippen LogP contribution in [0.1, 0.15) is 18.5 Å². The molecule has 0 bridgehead atoms. The highest BCUT2D eigenvalue weighted by Crippen LogP contribution is 2.16. The number of hydrogen-bond acceptors (Lipinski definition) is 3. The van der Waals surface area contributed by atoms with Crippen LogP contribution in [0.3, 0.4) is 0 Å². The van der Waals surface area contributed by atoms with E-state index in [0.29, 0.717) is 17.6 Å². The van der Waals surface area contributed by atoms with Crippen molar-refractivity contribution in [2.45, 2.75) is 19.4 Å². The number of oxazole rings is 1. The zero-order chi connectivity index (χ0) is 16.2. The number of hydrogen-bond donors (Lipinski definition) is 1. The van der Waals surface area contributed by atoms with Gasteiger partial charge in [0.2, 0.25) is 5.91 Å². The molecule has 1 N–H and O–H groups in total. The van der Waals surface area contributed by atoms with Crippen LogP contribution in [0.5, 0.6) is 0 Å². The van der Waals surface area contributed by atoms with E-state index >= 15 is 0 Å². The van der Waals surface area contributed by atoms with Crippen molar-refractivity contribution in [1.29, 1.82) is 0 Å². The second-order valence-corrected chi connectivity index (χ2v) is 5.41. The summed E-state index contributed by atoms with van der Waals surface area (Å²) >= 11 is 0. The van der Waals surface area contributed by atoms with E-state index in [1.165, 1.54) is 4.57 Å². The second kappa shape index (κ2) is 6.52. The van der Waals surface area contributed by atoms with E-state index < -0.39 is 11.8 Å². The van der Waals surface area contributed by atoms with Gasteiger partial charge in [0.15, 0.2) is 5.58 Å². The molecule has 5 nitrogen and oxygen atoms in total. The molecular formula is C18H18N2O3. The molecule has 1 aromatic heterocycles. The number of nitrogens with zero attached hydrogens (tertiary/aromatic N) is 1. The molecule has 3 rings (SSSR count). The number of para-hydroxylation sites is 2. The maximum atomic E-state index is 12.3. The van der Waals surface area contributed by atoms with Gasteiger partial charge in [0, 0.05) is 6.54 Å². The van der Waals surface area contributed by atoms with Crippen molar-refractivity contribution < 1.29 is 9.21 Å². The number of nitrogens with one attached hydrogen (secondary N) is 1. The molecule has 3 aromatic rings. The highest BCUT2D eigenvalue weighted by molar-refractivity contribution is 5.82. The van der Waals surface area contributed by atoms with Crippen LogP contribution in [-0.2, 0) is 11.2 Å². The molecule has 1 amide bonds. The van der Waals surface area contributed by atoms with Crippen molar-refractivity contribution in [2.75, 3.05) is 6.54 Å². The maximum Gasteiger partial charge on any atom is 0.420 e. The fourth-order valence-corrected chi connectivity index (χ4v) is 2.59. The van der Waals surface area contributed by atoms with Crippen molar-refractivity contribution >= 4 is 17.0 Å². The molecule has 0 aliphatic carbocycles. The van der Waals surface area contributed by atoms with Crippen LogP contribution in [-0.4, -0.2) is 17.0 Å². The quantitative estimate of drug-likeness (QED) is 0.787. The molecule has 0 saturated carbocycles. The highest BCUT2D eigenvalue weighted by Gasteiger charge is 2.20. The smallest absolute Gasteiger partial charge is 0.408 e. The number of amides is 1. The zero-order valence-electron chi connectivity index (χ0n) is 12.9. The normalized spacial score (nSPS) is 12.2. The van der Waals surface area contributed by atoms with Crippen LogP contribution in [0.15, 0.2) is 63.8 Å². The molecule has 0 aliphatic heterocycles. The summed E-state index contributed by atoms with van der Waals surface area (Å²) in [4.78, 5) is 24.3. The number of carbonyl (C=O) groups excluding carboxylic acids is 1. The van der Waals surface area contributed by atoms with Crippen molar-refractivity contribution in [1.82, 2.24) is 9.88 Å². The van der Waals surface area contributed by atoms with Gasteiger partial charge >= 0.3 is 5.76 Å². The Balaban J connectivity index is 1.69. The fraction of sp³-hybridized carbons (Fsp3) is 0.222. The number of fused-ring (bicyclic) bond motifs is 1. The third kappa shape index (κ3) is 3.18. The molecule has 5 heteroatoms. The standard InChI is InChI=1S/C18H18N2O3/c1-13(17(21)19-12-11-14-7-3-2-4-8-14)20-15-9-5-6-10-16(15)23-18(20)22/h2-10,13H,11-12H2,1H3,(H,19,21). The summed E-state index contributed by atoms with van der Waals surface area (Å²) in [5.41, 5.74) is 2.27. The van der Waals surface area contributed by atoms with Crippen LogP contribution in [0.2, 0.25) is 0 Å². The van der Waals surface area contributed by atoms with Gasteiger partial charge in [0.1, 0.15) is 6.04 Å². The molecule has 1 atom stereocenters. The average molecular weight is 310 g/mol. The van der Waals surface area contributed by atoms with Gasteiger partial charge in [-0.05, 0) is 31.0 Å². The molecule has 0 radical (unpaired) electrons. The first-order valence-corrected chi connectivity index (χ1v) is 7.58. The first kappa shape index (κ1) is 15.1. The molecule has 23 heavy (non-hydrogen) atoms. The molecule has 0 aliphatic rings. The second-order valence-electron chi connectivity index (χ2n) is 5.41. The molecular weight excluding hydrogens is 292 g/mol. The molecule has 0 saturated heterocycles. The Labute approximate surface area is 133 Å². The van der Waals surface area contributed by atoms with Gasteiger partial charge in [-0.2, -0.15) is 0 Å². The summed E-state index contributed by atoms with van der Waals surface area (Å²) < 4.78 is 6.55. The summed E-state index contributed by atoms with van der Waals surface area (Å²) in [5.74, 6) is -0.716. The lowest BCUT2D eigenvalue weighted by atomic mass is 10.1. The van der Waals surface area contributed by atoms with Crippen LogP contribution < -0.4 is 11.1 Å². The van der Waals surface area contributed by atoms with E-state index in [0.717, 1.165) is 12.0 Å². The van der Waals surface area contributed by atoms with Crippen molar-refractivity contribution in [3.8, 4) is 0 Å². The van der Waals surface area contributed by atoms with Gasteiger partial charge in [-0.25, -0.2) is 4.79 Å². The zero-order valence-corrected chi connectivity index (χ0v) is 12.9.